The molecule has 1 N–H and O–H groups in total. The van der Waals surface area contributed by atoms with Gasteiger partial charge in [-0.15, -0.1) is 0 Å². The number of hydrogen-bond donors (Lipinski definition) is 1. The molecule has 1 aliphatic heterocycles. The van der Waals surface area contributed by atoms with Crippen LogP contribution in [0.2, 0.25) is 0 Å². The minimum absolute atomic E-state index is 0.151. The van der Waals surface area contributed by atoms with Gasteiger partial charge in [0.1, 0.15) is 17.7 Å². The number of hydrogen-bond acceptors (Lipinski definition) is 3. The quantitative estimate of drug-likeness (QED) is 0.784. The Morgan fingerprint density at radius 1 is 1.16 bits per heavy atom. The molecule has 1 atom stereocenters. The zero-order valence-electron chi connectivity index (χ0n) is 14.3. The van der Waals surface area contributed by atoms with Crippen LogP contribution in [0.5, 0.6) is 0 Å². The number of para-hydroxylation sites is 2. The van der Waals surface area contributed by atoms with Crippen LogP contribution in [0.15, 0.2) is 48.5 Å². The third-order valence-corrected chi connectivity index (χ3v) is 4.80. The van der Waals surface area contributed by atoms with E-state index in [-0.39, 0.29) is 11.9 Å². The van der Waals surface area contributed by atoms with Crippen LogP contribution in [0.3, 0.4) is 0 Å². The number of nitrogens with one attached hydrogen (secondary N) is 1. The fourth-order valence-corrected chi connectivity index (χ4v) is 3.38. The number of aromatic nitrogens is 2. The Morgan fingerprint density at radius 3 is 2.72 bits per heavy atom. The second-order valence-electron chi connectivity index (χ2n) is 6.71. The van der Waals surface area contributed by atoms with Crippen molar-refractivity contribution in [3.05, 3.63) is 65.7 Å². The van der Waals surface area contributed by atoms with Crippen LogP contribution in [-0.2, 0) is 4.74 Å². The molecule has 0 amide bonds. The molecule has 1 unspecified atom stereocenters. The Morgan fingerprint density at radius 2 is 1.96 bits per heavy atom. The first-order valence-corrected chi connectivity index (χ1v) is 8.73. The zero-order valence-corrected chi connectivity index (χ0v) is 14.3. The number of halogens is 1. The van der Waals surface area contributed by atoms with Crippen molar-refractivity contribution in [1.29, 1.82) is 0 Å². The molecule has 5 heteroatoms. The highest BCUT2D eigenvalue weighted by atomic mass is 19.1. The molecule has 0 spiro atoms. The lowest BCUT2D eigenvalue weighted by Gasteiger charge is -2.31. The molecule has 4 nitrogen and oxygen atoms in total. The number of imidazole rings is 1. The highest BCUT2D eigenvalue weighted by Crippen LogP contribution is 2.30. The van der Waals surface area contributed by atoms with Crippen molar-refractivity contribution in [2.24, 2.45) is 0 Å². The molecule has 0 aliphatic carbocycles. The van der Waals surface area contributed by atoms with E-state index in [9.17, 15) is 4.39 Å². The van der Waals surface area contributed by atoms with E-state index in [0.29, 0.717) is 0 Å². The molecule has 25 heavy (non-hydrogen) atoms. The smallest absolute Gasteiger partial charge is 0.141 e. The topological polar surface area (TPSA) is 41.1 Å². The van der Waals surface area contributed by atoms with Crippen LogP contribution in [0.1, 0.15) is 30.3 Å². The Balaban J connectivity index is 1.67. The Labute approximate surface area is 146 Å². The number of likely N-dealkylation sites (tertiary alicyclic amines) is 1. The van der Waals surface area contributed by atoms with E-state index >= 15 is 0 Å². The van der Waals surface area contributed by atoms with Gasteiger partial charge in [0.05, 0.1) is 17.1 Å². The van der Waals surface area contributed by atoms with Gasteiger partial charge in [-0.05, 0) is 49.7 Å². The van der Waals surface area contributed by atoms with E-state index in [2.05, 4.69) is 21.9 Å². The lowest BCUT2D eigenvalue weighted by Crippen LogP contribution is -2.35. The van der Waals surface area contributed by atoms with Gasteiger partial charge in [-0.2, -0.15) is 0 Å². The lowest BCUT2D eigenvalue weighted by atomic mass is 10.1. The van der Waals surface area contributed by atoms with Crippen LogP contribution in [0.4, 0.5) is 4.39 Å². The largest absolute Gasteiger partial charge is 0.362 e. The number of ether oxygens (including phenoxy) is 1. The van der Waals surface area contributed by atoms with Gasteiger partial charge in [0.15, 0.2) is 0 Å². The summed E-state index contributed by atoms with van der Waals surface area (Å²) in [5.74, 6) is 0.469. The van der Waals surface area contributed by atoms with Gasteiger partial charge < -0.3 is 14.6 Å². The molecule has 1 aromatic heterocycles. The number of aromatic amines is 1. The zero-order chi connectivity index (χ0) is 17.2. The van der Waals surface area contributed by atoms with Gasteiger partial charge in [-0.3, -0.25) is 0 Å². The summed E-state index contributed by atoms with van der Waals surface area (Å²) in [6, 6.07) is 14.5. The summed E-state index contributed by atoms with van der Waals surface area (Å²) in [5, 5.41) is 0. The molecular formula is C20H22FN3O. The summed E-state index contributed by atoms with van der Waals surface area (Å²) in [6.45, 7) is 2.03. The predicted molar refractivity (Wildman–Crippen MR) is 95.9 cm³/mol. The van der Waals surface area contributed by atoms with Crippen molar-refractivity contribution in [3.8, 4) is 0 Å². The fraction of sp³-hybridized carbons (Fsp3) is 0.350. The molecule has 1 saturated heterocycles. The molecule has 1 fully saturated rings. The average molecular weight is 339 g/mol. The van der Waals surface area contributed by atoms with Crippen molar-refractivity contribution >= 4 is 11.0 Å². The predicted octanol–water partition coefficient (Wildman–Crippen LogP) is 3.90. The van der Waals surface area contributed by atoms with Crippen molar-refractivity contribution in [2.75, 3.05) is 20.1 Å². The number of piperidine rings is 1. The lowest BCUT2D eigenvalue weighted by molar-refractivity contribution is -0.0265. The summed E-state index contributed by atoms with van der Waals surface area (Å²) in [5.41, 5.74) is 2.65. The standard InChI is InChI=1S/C20H22FN3O/c1-24-11-9-16(10-12-24)25-19(14-5-4-6-15(21)13-14)20-22-17-7-2-3-8-18(17)23-20/h2-8,13,16,19H,9-12H2,1H3,(H,22,23). The van der Waals surface area contributed by atoms with E-state index in [1.165, 1.54) is 12.1 Å². The maximum absolute atomic E-state index is 13.8. The Kier molecular flexibility index (Phi) is 4.51. The molecule has 0 bridgehead atoms. The third kappa shape index (κ3) is 3.57. The minimum atomic E-state index is -0.392. The van der Waals surface area contributed by atoms with Crippen LogP contribution in [0, 0.1) is 5.82 Å². The van der Waals surface area contributed by atoms with E-state index < -0.39 is 6.10 Å². The van der Waals surface area contributed by atoms with Gasteiger partial charge in [-0.1, -0.05) is 24.3 Å². The van der Waals surface area contributed by atoms with Crippen molar-refractivity contribution < 1.29 is 9.13 Å². The monoisotopic (exact) mass is 339 g/mol. The molecule has 2 heterocycles. The molecule has 4 rings (SSSR count). The minimum Gasteiger partial charge on any atom is -0.362 e. The summed E-state index contributed by atoms with van der Waals surface area (Å²) in [6.07, 6.45) is 1.71. The molecule has 2 aromatic carbocycles. The average Bonchev–Trinajstić information content (AvgIpc) is 3.05. The highest BCUT2D eigenvalue weighted by Gasteiger charge is 2.26. The first-order chi connectivity index (χ1) is 12.2. The normalized spacial score (nSPS) is 17.8. The van der Waals surface area contributed by atoms with Crippen LogP contribution in [-0.4, -0.2) is 41.1 Å². The van der Waals surface area contributed by atoms with E-state index in [1.807, 2.05) is 30.3 Å². The first kappa shape index (κ1) is 16.2. The van der Waals surface area contributed by atoms with Crippen molar-refractivity contribution in [2.45, 2.75) is 25.0 Å². The van der Waals surface area contributed by atoms with E-state index in [1.54, 1.807) is 6.07 Å². The van der Waals surface area contributed by atoms with E-state index in [4.69, 9.17) is 4.74 Å². The SMILES string of the molecule is CN1CCC(OC(c2cccc(F)c2)c2nc3ccccc3[nH]2)CC1. The first-order valence-electron chi connectivity index (χ1n) is 8.73. The summed E-state index contributed by atoms with van der Waals surface area (Å²) in [7, 11) is 2.12. The molecular weight excluding hydrogens is 317 g/mol. The van der Waals surface area contributed by atoms with Crippen molar-refractivity contribution in [1.82, 2.24) is 14.9 Å². The van der Waals surface area contributed by atoms with Gasteiger partial charge in [0.2, 0.25) is 0 Å². The number of H-pyrrole nitrogens is 1. The van der Waals surface area contributed by atoms with Gasteiger partial charge in [-0.25, -0.2) is 9.37 Å². The van der Waals surface area contributed by atoms with Crippen LogP contribution in [0.25, 0.3) is 11.0 Å². The number of benzene rings is 2. The second kappa shape index (κ2) is 6.94. The fourth-order valence-electron chi connectivity index (χ4n) is 3.38. The van der Waals surface area contributed by atoms with Crippen molar-refractivity contribution in [3.63, 3.8) is 0 Å². The third-order valence-electron chi connectivity index (χ3n) is 4.80. The summed E-state index contributed by atoms with van der Waals surface area (Å²) >= 11 is 0. The van der Waals surface area contributed by atoms with Crippen LogP contribution >= 0.6 is 0 Å². The highest BCUT2D eigenvalue weighted by molar-refractivity contribution is 5.74. The molecule has 0 saturated carbocycles. The number of nitrogens with zero attached hydrogens (tertiary/aromatic N) is 2. The maximum atomic E-state index is 13.8. The Bertz CT molecular complexity index is 822. The summed E-state index contributed by atoms with van der Waals surface area (Å²) in [4.78, 5) is 10.3. The number of rotatable bonds is 4. The number of fused-ring (bicyclic) bond motifs is 1. The molecule has 130 valence electrons. The molecule has 0 radical (unpaired) electrons. The molecule has 3 aromatic rings. The van der Waals surface area contributed by atoms with Gasteiger partial charge in [0.25, 0.3) is 0 Å². The second-order valence-corrected chi connectivity index (χ2v) is 6.71. The van der Waals surface area contributed by atoms with E-state index in [0.717, 1.165) is 48.4 Å². The summed E-state index contributed by atoms with van der Waals surface area (Å²) < 4.78 is 20.2. The van der Waals surface area contributed by atoms with Gasteiger partial charge in [0, 0.05) is 13.1 Å². The molecule has 1 aliphatic rings. The van der Waals surface area contributed by atoms with Crippen LogP contribution < -0.4 is 0 Å². The maximum Gasteiger partial charge on any atom is 0.141 e. The Hall–Kier alpha value is -2.24. The van der Waals surface area contributed by atoms with Gasteiger partial charge >= 0.3 is 0 Å².